The second-order valence-corrected chi connectivity index (χ2v) is 5.47. The van der Waals surface area contributed by atoms with Crippen LogP contribution in [0.4, 0.5) is 0 Å². The molecule has 98 valence electrons. The van der Waals surface area contributed by atoms with Crippen LogP contribution in [-0.4, -0.2) is 25.6 Å². The third-order valence-electron chi connectivity index (χ3n) is 2.88. The molecule has 0 saturated heterocycles. The summed E-state index contributed by atoms with van der Waals surface area (Å²) in [5.41, 5.74) is 2.07. The zero-order valence-corrected chi connectivity index (χ0v) is 11.9. The third-order valence-corrected chi connectivity index (χ3v) is 2.88. The van der Waals surface area contributed by atoms with Crippen molar-refractivity contribution in [3.05, 3.63) is 29.3 Å². The minimum Gasteiger partial charge on any atom is -0.496 e. The van der Waals surface area contributed by atoms with Crippen molar-refractivity contribution in [1.82, 2.24) is 4.90 Å². The summed E-state index contributed by atoms with van der Waals surface area (Å²) < 4.78 is 5.25. The number of hydrogen-bond acceptors (Lipinski definition) is 3. The van der Waals surface area contributed by atoms with Crippen LogP contribution in [0, 0.1) is 23.7 Å². The first-order valence-electron chi connectivity index (χ1n) is 6.11. The summed E-state index contributed by atoms with van der Waals surface area (Å²) in [6.07, 6.45) is 0. The monoisotopic (exact) mass is 246 g/mol. The second-order valence-electron chi connectivity index (χ2n) is 5.47. The fraction of sp³-hybridized carbons (Fsp3) is 0.533. The predicted octanol–water partition coefficient (Wildman–Crippen LogP) is 2.99. The van der Waals surface area contributed by atoms with Gasteiger partial charge >= 0.3 is 0 Å². The molecule has 0 heterocycles. The third kappa shape index (κ3) is 4.05. The molecule has 0 radical (unpaired) electrons. The second kappa shape index (κ2) is 5.88. The summed E-state index contributed by atoms with van der Waals surface area (Å²) in [6, 6.07) is 8.52. The molecule has 1 aromatic rings. The Morgan fingerprint density at radius 2 is 2.06 bits per heavy atom. The Hall–Kier alpha value is -1.53. The van der Waals surface area contributed by atoms with E-state index in [1.54, 1.807) is 7.11 Å². The first-order chi connectivity index (χ1) is 8.38. The van der Waals surface area contributed by atoms with Gasteiger partial charge in [0.1, 0.15) is 5.75 Å². The number of aryl methyl sites for hydroxylation is 1. The van der Waals surface area contributed by atoms with Gasteiger partial charge in [0.2, 0.25) is 0 Å². The van der Waals surface area contributed by atoms with Gasteiger partial charge in [0.25, 0.3) is 0 Å². The molecule has 0 amide bonds. The SMILES string of the molecule is COc1ccc(CN(C)CC(C)(C)C#N)cc1C. The molecule has 0 aliphatic rings. The first kappa shape index (κ1) is 14.5. The maximum Gasteiger partial charge on any atom is 0.121 e. The lowest BCUT2D eigenvalue weighted by molar-refractivity contribution is 0.248. The normalized spacial score (nSPS) is 11.4. The molecular weight excluding hydrogens is 224 g/mol. The van der Waals surface area contributed by atoms with Crippen molar-refractivity contribution >= 4 is 0 Å². The number of nitriles is 1. The first-order valence-corrected chi connectivity index (χ1v) is 6.11. The predicted molar refractivity (Wildman–Crippen MR) is 73.5 cm³/mol. The average Bonchev–Trinajstić information content (AvgIpc) is 2.28. The van der Waals surface area contributed by atoms with Crippen LogP contribution in [0.1, 0.15) is 25.0 Å². The van der Waals surface area contributed by atoms with E-state index in [1.807, 2.05) is 33.9 Å². The van der Waals surface area contributed by atoms with Gasteiger partial charge in [0.05, 0.1) is 18.6 Å². The lowest BCUT2D eigenvalue weighted by Gasteiger charge is -2.24. The van der Waals surface area contributed by atoms with E-state index >= 15 is 0 Å². The van der Waals surface area contributed by atoms with Gasteiger partial charge in [-0.15, -0.1) is 0 Å². The van der Waals surface area contributed by atoms with Gasteiger partial charge in [0.15, 0.2) is 0 Å². The zero-order valence-electron chi connectivity index (χ0n) is 11.9. The molecule has 0 spiro atoms. The van der Waals surface area contributed by atoms with Gasteiger partial charge in [-0.25, -0.2) is 0 Å². The maximum atomic E-state index is 9.03. The Kier molecular flexibility index (Phi) is 4.75. The number of benzene rings is 1. The van der Waals surface area contributed by atoms with Crippen molar-refractivity contribution in [2.45, 2.75) is 27.3 Å². The zero-order chi connectivity index (χ0) is 13.8. The fourth-order valence-electron chi connectivity index (χ4n) is 2.12. The van der Waals surface area contributed by atoms with Gasteiger partial charge in [0, 0.05) is 13.1 Å². The van der Waals surface area contributed by atoms with E-state index in [4.69, 9.17) is 10.00 Å². The largest absolute Gasteiger partial charge is 0.496 e. The molecule has 0 bridgehead atoms. The van der Waals surface area contributed by atoms with Gasteiger partial charge < -0.3 is 9.64 Å². The average molecular weight is 246 g/mol. The van der Waals surface area contributed by atoms with Crippen molar-refractivity contribution < 1.29 is 4.74 Å². The number of rotatable bonds is 5. The van der Waals surface area contributed by atoms with Crippen LogP contribution in [0.25, 0.3) is 0 Å². The molecule has 3 nitrogen and oxygen atoms in total. The minimum absolute atomic E-state index is 0.309. The molecule has 3 heteroatoms. The highest BCUT2D eigenvalue weighted by molar-refractivity contribution is 5.36. The van der Waals surface area contributed by atoms with Crippen molar-refractivity contribution in [3.63, 3.8) is 0 Å². The van der Waals surface area contributed by atoms with E-state index in [1.165, 1.54) is 5.56 Å². The fourth-order valence-corrected chi connectivity index (χ4v) is 2.12. The van der Waals surface area contributed by atoms with Crippen LogP contribution >= 0.6 is 0 Å². The van der Waals surface area contributed by atoms with E-state index in [0.717, 1.165) is 24.4 Å². The quantitative estimate of drug-likeness (QED) is 0.801. The molecule has 1 rings (SSSR count). The van der Waals surface area contributed by atoms with E-state index < -0.39 is 0 Å². The van der Waals surface area contributed by atoms with Gasteiger partial charge in [-0.1, -0.05) is 12.1 Å². The van der Waals surface area contributed by atoms with Crippen LogP contribution in [0.2, 0.25) is 0 Å². The molecule has 1 aromatic carbocycles. The Morgan fingerprint density at radius 3 is 2.56 bits per heavy atom. The summed E-state index contributed by atoms with van der Waals surface area (Å²) >= 11 is 0. The van der Waals surface area contributed by atoms with E-state index in [2.05, 4.69) is 23.1 Å². The Labute approximate surface area is 110 Å². The van der Waals surface area contributed by atoms with Gasteiger partial charge in [-0.3, -0.25) is 0 Å². The molecule has 0 aliphatic heterocycles. The van der Waals surface area contributed by atoms with Crippen molar-refractivity contribution in [2.24, 2.45) is 5.41 Å². The van der Waals surface area contributed by atoms with Crippen LogP contribution in [0.15, 0.2) is 18.2 Å². The molecule has 0 fully saturated rings. The highest BCUT2D eigenvalue weighted by Gasteiger charge is 2.19. The summed E-state index contributed by atoms with van der Waals surface area (Å²) in [5.74, 6) is 0.916. The maximum absolute atomic E-state index is 9.03. The molecular formula is C15H22N2O. The Bertz CT molecular complexity index is 446. The van der Waals surface area contributed by atoms with Crippen molar-refractivity contribution in [1.29, 1.82) is 5.26 Å². The standard InChI is InChI=1S/C15H22N2O/c1-12-8-13(6-7-14(12)18-5)9-17(4)11-15(2,3)10-16/h6-8H,9,11H2,1-5H3. The van der Waals surface area contributed by atoms with E-state index in [9.17, 15) is 0 Å². The Morgan fingerprint density at radius 1 is 1.39 bits per heavy atom. The van der Waals surface area contributed by atoms with E-state index in [0.29, 0.717) is 0 Å². The highest BCUT2D eigenvalue weighted by atomic mass is 16.5. The number of nitrogens with zero attached hydrogens (tertiary/aromatic N) is 2. The number of hydrogen-bond donors (Lipinski definition) is 0. The molecule has 0 unspecified atom stereocenters. The van der Waals surface area contributed by atoms with Crippen molar-refractivity contribution in [3.8, 4) is 11.8 Å². The molecule has 0 aliphatic carbocycles. The molecule has 0 saturated carbocycles. The lowest BCUT2D eigenvalue weighted by atomic mass is 9.95. The molecule has 0 aromatic heterocycles. The Balaban J connectivity index is 2.68. The summed E-state index contributed by atoms with van der Waals surface area (Å²) in [5, 5.41) is 9.03. The van der Waals surface area contributed by atoms with Crippen LogP contribution in [0.5, 0.6) is 5.75 Å². The summed E-state index contributed by atoms with van der Waals surface area (Å²) in [4.78, 5) is 2.17. The van der Waals surface area contributed by atoms with Crippen LogP contribution in [-0.2, 0) is 6.54 Å². The van der Waals surface area contributed by atoms with Gasteiger partial charge in [-0.05, 0) is 45.0 Å². The van der Waals surface area contributed by atoms with Gasteiger partial charge in [-0.2, -0.15) is 5.26 Å². The lowest BCUT2D eigenvalue weighted by Crippen LogP contribution is -2.29. The number of methoxy groups -OCH3 is 1. The summed E-state index contributed by atoms with van der Waals surface area (Å²) in [6.45, 7) is 7.57. The minimum atomic E-state index is -0.309. The molecule has 0 atom stereocenters. The smallest absolute Gasteiger partial charge is 0.121 e. The van der Waals surface area contributed by atoms with Crippen LogP contribution in [0.3, 0.4) is 0 Å². The highest BCUT2D eigenvalue weighted by Crippen LogP contribution is 2.20. The number of ether oxygens (including phenoxy) is 1. The summed E-state index contributed by atoms with van der Waals surface area (Å²) in [7, 11) is 3.72. The van der Waals surface area contributed by atoms with Crippen molar-refractivity contribution in [2.75, 3.05) is 20.7 Å². The molecule has 0 N–H and O–H groups in total. The van der Waals surface area contributed by atoms with Crippen LogP contribution < -0.4 is 4.74 Å². The topological polar surface area (TPSA) is 36.3 Å². The van der Waals surface area contributed by atoms with E-state index in [-0.39, 0.29) is 5.41 Å². The molecule has 18 heavy (non-hydrogen) atoms.